The number of carboxylic acids is 1. The fraction of sp³-hybridized carbons (Fsp3) is 0.438. The lowest BCUT2D eigenvalue weighted by Gasteiger charge is -2.18. The summed E-state index contributed by atoms with van der Waals surface area (Å²) in [6, 6.07) is 13.1. The number of aliphatic carboxylic acids is 1. The van der Waals surface area contributed by atoms with E-state index < -0.39 is 5.97 Å². The highest BCUT2D eigenvalue weighted by Crippen LogP contribution is 2.43. The maximum Gasteiger partial charge on any atom is 0.304 e. The number of carbonyl (C=O) groups is 1. The number of aromatic nitrogens is 1. The molecule has 2 aromatic carbocycles. The number of methoxy groups -OCH3 is 1. The third-order valence-corrected chi connectivity index (χ3v) is 7.83. The first-order chi connectivity index (χ1) is 18.4. The number of carboxylic acid groups (broad SMARTS) is 1. The Morgan fingerprint density at radius 1 is 1.11 bits per heavy atom. The topological polar surface area (TPSA) is 77.9 Å². The predicted octanol–water partition coefficient (Wildman–Crippen LogP) is 6.74. The van der Waals surface area contributed by atoms with Gasteiger partial charge >= 0.3 is 5.97 Å². The molecular formula is C32H37NO5. The largest absolute Gasteiger partial charge is 0.492 e. The molecule has 1 aliphatic heterocycles. The van der Waals surface area contributed by atoms with Gasteiger partial charge in [-0.2, -0.15) is 0 Å². The zero-order valence-corrected chi connectivity index (χ0v) is 22.6. The lowest BCUT2D eigenvalue weighted by Crippen LogP contribution is -2.07. The highest BCUT2D eigenvalue weighted by molar-refractivity contribution is 5.76. The number of hydrogen-bond acceptors (Lipinski definition) is 5. The maximum absolute atomic E-state index is 11.1. The molecule has 1 unspecified atom stereocenters. The number of ether oxygens (including phenoxy) is 3. The molecule has 2 aliphatic rings. The molecule has 200 valence electrons. The summed E-state index contributed by atoms with van der Waals surface area (Å²) < 4.78 is 17.3. The zero-order chi connectivity index (χ0) is 26.6. The van der Waals surface area contributed by atoms with E-state index in [9.17, 15) is 4.79 Å². The van der Waals surface area contributed by atoms with Crippen LogP contribution in [0.3, 0.4) is 0 Å². The van der Waals surface area contributed by atoms with Crippen LogP contribution in [0.25, 0.3) is 11.1 Å². The molecule has 6 nitrogen and oxygen atoms in total. The van der Waals surface area contributed by atoms with Gasteiger partial charge in [0.15, 0.2) is 0 Å². The Bertz CT molecular complexity index is 1290. The van der Waals surface area contributed by atoms with Gasteiger partial charge in [-0.3, -0.25) is 4.79 Å². The van der Waals surface area contributed by atoms with Gasteiger partial charge in [-0.15, -0.1) is 0 Å². The van der Waals surface area contributed by atoms with Crippen molar-refractivity contribution in [3.05, 3.63) is 76.0 Å². The van der Waals surface area contributed by atoms with Crippen LogP contribution in [-0.2, 0) is 22.4 Å². The second kappa shape index (κ2) is 11.6. The summed E-state index contributed by atoms with van der Waals surface area (Å²) in [6.07, 6.45) is 8.13. The minimum absolute atomic E-state index is 0.0435. The number of pyridine rings is 1. The van der Waals surface area contributed by atoms with Crippen molar-refractivity contribution < 1.29 is 24.1 Å². The molecule has 1 N–H and O–H groups in total. The van der Waals surface area contributed by atoms with Crippen molar-refractivity contribution in [2.24, 2.45) is 0 Å². The molecule has 0 saturated heterocycles. The molecule has 0 saturated carbocycles. The monoisotopic (exact) mass is 515 g/mol. The van der Waals surface area contributed by atoms with Gasteiger partial charge in [-0.05, 0) is 84.9 Å². The Labute approximate surface area is 225 Å². The average Bonchev–Trinajstić information content (AvgIpc) is 3.47. The minimum Gasteiger partial charge on any atom is -0.492 e. The summed E-state index contributed by atoms with van der Waals surface area (Å²) in [5.74, 6) is 0.207. The summed E-state index contributed by atoms with van der Waals surface area (Å²) >= 11 is 0. The van der Waals surface area contributed by atoms with Crippen molar-refractivity contribution in [1.29, 1.82) is 0 Å². The third-order valence-electron chi connectivity index (χ3n) is 7.83. The molecule has 2 atom stereocenters. The SMILES string of the molecule is COCCCCCc1cc(C)c(-c2cccc3c2CCC3Oc2cc3c(cn2)[C@H](CC(=O)O)CO3)c(C)c1. The van der Waals surface area contributed by atoms with E-state index in [4.69, 9.17) is 19.3 Å². The van der Waals surface area contributed by atoms with E-state index in [0.29, 0.717) is 18.2 Å². The van der Waals surface area contributed by atoms with E-state index in [1.165, 1.54) is 51.8 Å². The van der Waals surface area contributed by atoms with E-state index in [2.05, 4.69) is 49.2 Å². The molecule has 1 aliphatic carbocycles. The van der Waals surface area contributed by atoms with E-state index in [1.54, 1.807) is 19.4 Å². The molecule has 6 heteroatoms. The van der Waals surface area contributed by atoms with Crippen molar-refractivity contribution in [3.8, 4) is 22.8 Å². The number of fused-ring (bicyclic) bond motifs is 2. The van der Waals surface area contributed by atoms with Crippen LogP contribution in [0.4, 0.5) is 0 Å². The van der Waals surface area contributed by atoms with Gasteiger partial charge in [-0.1, -0.05) is 36.8 Å². The van der Waals surface area contributed by atoms with Gasteiger partial charge < -0.3 is 19.3 Å². The van der Waals surface area contributed by atoms with Crippen LogP contribution in [0.1, 0.15) is 77.5 Å². The Hall–Kier alpha value is -3.38. The second-order valence-electron chi connectivity index (χ2n) is 10.6. The van der Waals surface area contributed by atoms with Gasteiger partial charge in [-0.25, -0.2) is 4.98 Å². The van der Waals surface area contributed by atoms with E-state index in [-0.39, 0.29) is 18.4 Å². The molecule has 38 heavy (non-hydrogen) atoms. The number of hydrogen-bond donors (Lipinski definition) is 1. The Kier molecular flexibility index (Phi) is 7.98. The molecule has 0 fully saturated rings. The highest BCUT2D eigenvalue weighted by atomic mass is 16.5. The van der Waals surface area contributed by atoms with Crippen LogP contribution < -0.4 is 9.47 Å². The van der Waals surface area contributed by atoms with Crippen LogP contribution in [0, 0.1) is 13.8 Å². The van der Waals surface area contributed by atoms with Gasteiger partial charge in [0, 0.05) is 37.5 Å². The van der Waals surface area contributed by atoms with Gasteiger partial charge in [0.05, 0.1) is 13.0 Å². The summed E-state index contributed by atoms with van der Waals surface area (Å²) in [5, 5.41) is 9.14. The summed E-state index contributed by atoms with van der Waals surface area (Å²) in [5.41, 5.74) is 10.1. The maximum atomic E-state index is 11.1. The Morgan fingerprint density at radius 3 is 2.68 bits per heavy atom. The van der Waals surface area contributed by atoms with E-state index >= 15 is 0 Å². The lowest BCUT2D eigenvalue weighted by molar-refractivity contribution is -0.137. The smallest absolute Gasteiger partial charge is 0.304 e. The summed E-state index contributed by atoms with van der Waals surface area (Å²) in [4.78, 5) is 15.6. The van der Waals surface area contributed by atoms with Crippen molar-refractivity contribution in [2.45, 2.75) is 70.8 Å². The summed E-state index contributed by atoms with van der Waals surface area (Å²) in [6.45, 7) is 5.66. The molecule has 1 aromatic heterocycles. The first-order valence-corrected chi connectivity index (χ1v) is 13.7. The first kappa shape index (κ1) is 26.2. The lowest BCUT2D eigenvalue weighted by atomic mass is 9.88. The normalized spacial score (nSPS) is 17.7. The van der Waals surface area contributed by atoms with Gasteiger partial charge in [0.2, 0.25) is 5.88 Å². The quantitative estimate of drug-likeness (QED) is 0.285. The van der Waals surface area contributed by atoms with Crippen LogP contribution in [-0.4, -0.2) is 36.4 Å². The fourth-order valence-corrected chi connectivity index (χ4v) is 6.08. The van der Waals surface area contributed by atoms with Crippen LogP contribution in [0.15, 0.2) is 42.6 Å². The molecule has 5 rings (SSSR count). The number of aryl methyl sites for hydroxylation is 3. The standard InChI is InChI=1S/C32H37NO5/c1-20-14-22(8-5-4-6-13-36-3)15-21(2)32(20)26-10-7-9-25-24(26)11-12-28(25)38-30-17-29-27(18-33-30)23(19-37-29)16-31(34)35/h7,9-10,14-15,17-18,23,28H,4-6,8,11-13,16,19H2,1-3H3,(H,34,35)/t23-,28?/m1/s1. The Morgan fingerprint density at radius 2 is 1.92 bits per heavy atom. The van der Waals surface area contributed by atoms with Crippen molar-refractivity contribution in [2.75, 3.05) is 20.3 Å². The van der Waals surface area contributed by atoms with Crippen molar-refractivity contribution >= 4 is 5.97 Å². The number of rotatable bonds is 11. The zero-order valence-electron chi connectivity index (χ0n) is 22.6. The molecular weight excluding hydrogens is 478 g/mol. The third kappa shape index (κ3) is 5.56. The molecule has 0 bridgehead atoms. The first-order valence-electron chi connectivity index (χ1n) is 13.7. The van der Waals surface area contributed by atoms with Crippen molar-refractivity contribution in [3.63, 3.8) is 0 Å². The number of benzene rings is 2. The van der Waals surface area contributed by atoms with E-state index in [1.807, 2.05) is 0 Å². The van der Waals surface area contributed by atoms with E-state index in [0.717, 1.165) is 37.9 Å². The van der Waals surface area contributed by atoms with Crippen LogP contribution >= 0.6 is 0 Å². The summed E-state index contributed by atoms with van der Waals surface area (Å²) in [7, 11) is 1.76. The van der Waals surface area contributed by atoms with Crippen LogP contribution in [0.2, 0.25) is 0 Å². The van der Waals surface area contributed by atoms with Gasteiger partial charge in [0.25, 0.3) is 0 Å². The highest BCUT2D eigenvalue weighted by Gasteiger charge is 2.30. The molecule has 0 radical (unpaired) electrons. The van der Waals surface area contributed by atoms with Crippen molar-refractivity contribution in [1.82, 2.24) is 4.98 Å². The fourth-order valence-electron chi connectivity index (χ4n) is 6.08. The second-order valence-corrected chi connectivity index (χ2v) is 10.6. The Balaban J connectivity index is 1.32. The molecule has 0 spiro atoms. The van der Waals surface area contributed by atoms with Crippen LogP contribution in [0.5, 0.6) is 11.6 Å². The average molecular weight is 516 g/mol. The van der Waals surface area contributed by atoms with Gasteiger partial charge in [0.1, 0.15) is 11.9 Å². The number of unbranched alkanes of at least 4 members (excludes halogenated alkanes) is 2. The minimum atomic E-state index is -0.830. The predicted molar refractivity (Wildman–Crippen MR) is 147 cm³/mol. The number of nitrogens with zero attached hydrogens (tertiary/aromatic N) is 1. The molecule has 2 heterocycles. The molecule has 3 aromatic rings. The molecule has 0 amide bonds.